The number of nitrogens with zero attached hydrogens (tertiary/aromatic N) is 1. The van der Waals surface area contributed by atoms with Crippen LogP contribution in [0.1, 0.15) is 11.1 Å². The zero-order chi connectivity index (χ0) is 13.5. The number of hydrogen-bond acceptors (Lipinski definition) is 2. The van der Waals surface area contributed by atoms with Gasteiger partial charge in [-0.25, -0.2) is 4.68 Å². The summed E-state index contributed by atoms with van der Waals surface area (Å²) in [6.45, 7) is 1.50. The second-order valence-electron chi connectivity index (χ2n) is 4.09. The average molecular weight is 256 g/mol. The Labute approximate surface area is 101 Å². The van der Waals surface area contributed by atoms with E-state index in [1.165, 1.54) is 6.92 Å². The van der Waals surface area contributed by atoms with E-state index in [-0.39, 0.29) is 5.56 Å². The Morgan fingerprint density at radius 3 is 2.50 bits per heavy atom. The summed E-state index contributed by atoms with van der Waals surface area (Å²) in [6, 6.07) is 6.61. The largest absolute Gasteiger partial charge is 0.393 e. The van der Waals surface area contributed by atoms with Crippen LogP contribution in [0.2, 0.25) is 0 Å². The lowest BCUT2D eigenvalue weighted by atomic mass is 10.0. The van der Waals surface area contributed by atoms with Crippen LogP contribution < -0.4 is 11.4 Å². The first-order chi connectivity index (χ1) is 8.31. The number of halogens is 3. The number of nitrogens with two attached hydrogens (primary N) is 1. The van der Waals surface area contributed by atoms with Gasteiger partial charge in [0.1, 0.15) is 0 Å². The van der Waals surface area contributed by atoms with Gasteiger partial charge >= 0.3 is 6.18 Å². The van der Waals surface area contributed by atoms with Crippen molar-refractivity contribution >= 4 is 10.9 Å². The van der Waals surface area contributed by atoms with Crippen molar-refractivity contribution in [2.75, 3.05) is 5.84 Å². The van der Waals surface area contributed by atoms with E-state index >= 15 is 0 Å². The zero-order valence-corrected chi connectivity index (χ0v) is 9.58. The van der Waals surface area contributed by atoms with Gasteiger partial charge < -0.3 is 5.84 Å². The fraction of sp³-hybridized carbons (Fsp3) is 0.250. The summed E-state index contributed by atoms with van der Waals surface area (Å²) in [5, 5.41) is 0.554. The number of benzene rings is 1. The highest BCUT2D eigenvalue weighted by atomic mass is 19.4. The van der Waals surface area contributed by atoms with Crippen molar-refractivity contribution in [3.8, 4) is 0 Å². The van der Waals surface area contributed by atoms with Crippen molar-refractivity contribution in [3.05, 3.63) is 45.7 Å². The van der Waals surface area contributed by atoms with Crippen LogP contribution >= 0.6 is 0 Å². The Morgan fingerprint density at radius 2 is 1.89 bits per heavy atom. The number of nitrogen functional groups attached to an aromatic ring is 1. The molecule has 0 aliphatic rings. The van der Waals surface area contributed by atoms with Gasteiger partial charge in [-0.2, -0.15) is 13.2 Å². The van der Waals surface area contributed by atoms with Gasteiger partial charge in [0.25, 0.3) is 5.56 Å². The van der Waals surface area contributed by atoms with Crippen LogP contribution in [-0.2, 0) is 6.42 Å². The summed E-state index contributed by atoms with van der Waals surface area (Å²) in [6.07, 6.45) is -5.70. The average Bonchev–Trinajstić information content (AvgIpc) is 2.31. The smallest absolute Gasteiger partial charge is 0.336 e. The van der Waals surface area contributed by atoms with E-state index < -0.39 is 18.2 Å². The molecule has 0 radical (unpaired) electrons. The van der Waals surface area contributed by atoms with E-state index in [1.807, 2.05) is 0 Å². The van der Waals surface area contributed by atoms with Gasteiger partial charge in [0.15, 0.2) is 0 Å². The maximum Gasteiger partial charge on any atom is 0.393 e. The normalized spacial score (nSPS) is 12.0. The van der Waals surface area contributed by atoms with Crippen LogP contribution in [0.15, 0.2) is 29.1 Å². The molecule has 0 spiro atoms. The maximum atomic E-state index is 12.4. The van der Waals surface area contributed by atoms with Crippen molar-refractivity contribution < 1.29 is 13.2 Å². The van der Waals surface area contributed by atoms with Gasteiger partial charge in [-0.15, -0.1) is 0 Å². The fourth-order valence-corrected chi connectivity index (χ4v) is 1.99. The highest BCUT2D eigenvalue weighted by Gasteiger charge is 2.31. The van der Waals surface area contributed by atoms with E-state index in [0.29, 0.717) is 16.5 Å². The van der Waals surface area contributed by atoms with Crippen LogP contribution in [0, 0.1) is 6.92 Å². The molecule has 1 heterocycles. The number of rotatable bonds is 1. The molecule has 0 unspecified atom stereocenters. The van der Waals surface area contributed by atoms with E-state index in [9.17, 15) is 18.0 Å². The van der Waals surface area contributed by atoms with Gasteiger partial charge in [-0.3, -0.25) is 4.79 Å². The lowest BCUT2D eigenvalue weighted by Crippen LogP contribution is -2.33. The minimum absolute atomic E-state index is 0.302. The van der Waals surface area contributed by atoms with Gasteiger partial charge in [-0.1, -0.05) is 18.2 Å². The van der Waals surface area contributed by atoms with Crippen LogP contribution in [0.5, 0.6) is 0 Å². The van der Waals surface area contributed by atoms with E-state index in [4.69, 9.17) is 5.84 Å². The Morgan fingerprint density at radius 1 is 1.28 bits per heavy atom. The first-order valence-corrected chi connectivity index (χ1v) is 5.26. The number of aromatic nitrogens is 1. The second kappa shape index (κ2) is 4.04. The molecule has 1 aromatic carbocycles. The quantitative estimate of drug-likeness (QED) is 0.794. The van der Waals surface area contributed by atoms with Crippen LogP contribution in [0.25, 0.3) is 10.9 Å². The van der Waals surface area contributed by atoms with Crippen molar-refractivity contribution in [2.24, 2.45) is 0 Å². The molecule has 18 heavy (non-hydrogen) atoms. The molecular weight excluding hydrogens is 245 g/mol. The first kappa shape index (κ1) is 12.5. The number of alkyl halides is 3. The fourth-order valence-electron chi connectivity index (χ4n) is 1.99. The van der Waals surface area contributed by atoms with Crippen molar-refractivity contribution in [1.29, 1.82) is 0 Å². The van der Waals surface area contributed by atoms with E-state index in [0.717, 1.165) is 4.68 Å². The third kappa shape index (κ3) is 2.05. The Balaban J connectivity index is 2.79. The molecule has 0 fully saturated rings. The number of hydrogen-bond donors (Lipinski definition) is 1. The Hall–Kier alpha value is -1.98. The predicted octanol–water partition coefficient (Wildman–Crippen LogP) is 2.13. The van der Waals surface area contributed by atoms with Crippen LogP contribution in [-0.4, -0.2) is 10.9 Å². The molecule has 0 saturated heterocycles. The molecule has 6 heteroatoms. The van der Waals surface area contributed by atoms with Crippen molar-refractivity contribution in [3.63, 3.8) is 0 Å². The summed E-state index contributed by atoms with van der Waals surface area (Å²) in [5.74, 6) is 5.54. The van der Waals surface area contributed by atoms with Gasteiger partial charge in [0.05, 0.1) is 11.9 Å². The van der Waals surface area contributed by atoms with Gasteiger partial charge in [0, 0.05) is 10.9 Å². The summed E-state index contributed by atoms with van der Waals surface area (Å²) < 4.78 is 38.1. The SMILES string of the molecule is Cc1c(CC(F)(F)F)c(=O)n(N)c2ccccc12. The van der Waals surface area contributed by atoms with E-state index in [1.54, 1.807) is 24.3 Å². The monoisotopic (exact) mass is 256 g/mol. The van der Waals surface area contributed by atoms with Crippen molar-refractivity contribution in [2.45, 2.75) is 19.5 Å². The van der Waals surface area contributed by atoms with Gasteiger partial charge in [-0.05, 0) is 18.6 Å². The number of para-hydroxylation sites is 1. The number of fused-ring (bicyclic) bond motifs is 1. The highest BCUT2D eigenvalue weighted by Crippen LogP contribution is 2.24. The summed E-state index contributed by atoms with van der Waals surface area (Å²) in [4.78, 5) is 11.8. The molecule has 1 aromatic heterocycles. The molecule has 96 valence electrons. The Kier molecular flexibility index (Phi) is 2.80. The third-order valence-electron chi connectivity index (χ3n) is 2.87. The zero-order valence-electron chi connectivity index (χ0n) is 9.58. The molecule has 0 amide bonds. The molecule has 0 atom stereocenters. The molecule has 0 bridgehead atoms. The molecule has 2 N–H and O–H groups in total. The number of aryl methyl sites for hydroxylation is 1. The minimum atomic E-state index is -4.43. The molecule has 0 aliphatic heterocycles. The molecule has 3 nitrogen and oxygen atoms in total. The van der Waals surface area contributed by atoms with Gasteiger partial charge in [0.2, 0.25) is 0 Å². The molecule has 2 aromatic rings. The summed E-state index contributed by atoms with van der Waals surface area (Å²) >= 11 is 0. The van der Waals surface area contributed by atoms with Crippen molar-refractivity contribution in [1.82, 2.24) is 4.68 Å². The maximum absolute atomic E-state index is 12.4. The summed E-state index contributed by atoms with van der Waals surface area (Å²) in [5.41, 5.74) is -0.354. The summed E-state index contributed by atoms with van der Waals surface area (Å²) in [7, 11) is 0. The highest BCUT2D eigenvalue weighted by molar-refractivity contribution is 5.83. The second-order valence-corrected chi connectivity index (χ2v) is 4.09. The topological polar surface area (TPSA) is 48.0 Å². The predicted molar refractivity (Wildman–Crippen MR) is 62.9 cm³/mol. The first-order valence-electron chi connectivity index (χ1n) is 5.26. The Bertz CT molecular complexity index is 659. The molecule has 0 saturated carbocycles. The third-order valence-corrected chi connectivity index (χ3v) is 2.87. The van der Waals surface area contributed by atoms with E-state index in [2.05, 4.69) is 0 Å². The standard InChI is InChI=1S/C12H11F3N2O/c1-7-8-4-2-3-5-10(8)17(16)11(18)9(7)6-12(13,14)15/h2-5H,6,16H2,1H3. The number of pyridine rings is 1. The molecule has 0 aliphatic carbocycles. The minimum Gasteiger partial charge on any atom is -0.336 e. The lowest BCUT2D eigenvalue weighted by Gasteiger charge is -2.13. The van der Waals surface area contributed by atoms with Crippen LogP contribution in [0.4, 0.5) is 13.2 Å². The van der Waals surface area contributed by atoms with Crippen LogP contribution in [0.3, 0.4) is 0 Å². The molecular formula is C12H11F3N2O. The molecule has 2 rings (SSSR count). The lowest BCUT2D eigenvalue weighted by molar-refractivity contribution is -0.127.